The zero-order valence-corrected chi connectivity index (χ0v) is 15.7. The number of carbonyl (C=O) groups excluding carboxylic acids is 1. The summed E-state index contributed by atoms with van der Waals surface area (Å²) in [5, 5.41) is 0. The fourth-order valence-electron chi connectivity index (χ4n) is 4.17. The van der Waals surface area contributed by atoms with Gasteiger partial charge in [0.1, 0.15) is 0 Å². The van der Waals surface area contributed by atoms with Gasteiger partial charge in [0.25, 0.3) is 5.91 Å². The van der Waals surface area contributed by atoms with Gasteiger partial charge in [0, 0.05) is 23.7 Å². The van der Waals surface area contributed by atoms with Gasteiger partial charge in [-0.05, 0) is 74.3 Å². The van der Waals surface area contributed by atoms with E-state index in [-0.39, 0.29) is 11.9 Å². The van der Waals surface area contributed by atoms with Crippen molar-refractivity contribution in [3.8, 4) is 0 Å². The zero-order valence-electron chi connectivity index (χ0n) is 15.7. The summed E-state index contributed by atoms with van der Waals surface area (Å²) in [6.07, 6.45) is 4.47. The molecule has 3 heteroatoms. The summed E-state index contributed by atoms with van der Waals surface area (Å²) in [5.74, 6) is 0.785. The number of nitrogens with zero attached hydrogens (tertiary/aromatic N) is 1. The predicted molar refractivity (Wildman–Crippen MR) is 105 cm³/mol. The summed E-state index contributed by atoms with van der Waals surface area (Å²) in [7, 11) is 0. The van der Waals surface area contributed by atoms with Crippen LogP contribution in [0.5, 0.6) is 0 Å². The minimum atomic E-state index is 0.000175. The summed E-state index contributed by atoms with van der Waals surface area (Å²) in [5.41, 5.74) is 10.6. The van der Waals surface area contributed by atoms with Crippen LogP contribution in [0.2, 0.25) is 0 Å². The fraction of sp³-hybridized carbons (Fsp3) is 0.435. The molecular weight excluding hydrogens is 320 g/mol. The molecule has 0 spiro atoms. The van der Waals surface area contributed by atoms with Crippen LogP contribution in [0.4, 0.5) is 0 Å². The highest BCUT2D eigenvalue weighted by Gasteiger charge is 2.43. The van der Waals surface area contributed by atoms with Gasteiger partial charge >= 0.3 is 0 Å². The molecule has 2 aliphatic carbocycles. The van der Waals surface area contributed by atoms with Crippen molar-refractivity contribution in [2.75, 3.05) is 0 Å². The van der Waals surface area contributed by atoms with Crippen molar-refractivity contribution in [3.05, 3.63) is 70.8 Å². The van der Waals surface area contributed by atoms with Crippen LogP contribution in [0.3, 0.4) is 0 Å². The first-order chi connectivity index (χ1) is 12.5. The lowest BCUT2D eigenvalue weighted by atomic mass is 9.73. The second kappa shape index (κ2) is 6.88. The Morgan fingerprint density at radius 2 is 1.69 bits per heavy atom. The summed E-state index contributed by atoms with van der Waals surface area (Å²) >= 11 is 0. The van der Waals surface area contributed by atoms with Gasteiger partial charge in [0.2, 0.25) is 0 Å². The number of aryl methyl sites for hydroxylation is 1. The first-order valence-corrected chi connectivity index (χ1v) is 9.78. The Morgan fingerprint density at radius 1 is 1.04 bits per heavy atom. The Bertz CT molecular complexity index is 786. The van der Waals surface area contributed by atoms with Crippen LogP contribution in [0, 0.1) is 6.92 Å². The van der Waals surface area contributed by atoms with Gasteiger partial charge in [-0.3, -0.25) is 4.79 Å². The maximum atomic E-state index is 13.1. The van der Waals surface area contributed by atoms with Gasteiger partial charge in [-0.2, -0.15) is 0 Å². The van der Waals surface area contributed by atoms with Crippen molar-refractivity contribution in [1.82, 2.24) is 4.90 Å². The number of hydrogen-bond acceptors (Lipinski definition) is 2. The second-order valence-corrected chi connectivity index (χ2v) is 8.03. The molecule has 0 bridgehead atoms. The smallest absolute Gasteiger partial charge is 0.254 e. The van der Waals surface area contributed by atoms with E-state index in [1.54, 1.807) is 0 Å². The SMILES string of the molecule is Cc1ccccc1C1CC(N(C(=O)c2ccc(C(C)N)cc2)C2CC2)C1. The van der Waals surface area contributed by atoms with Crippen molar-refractivity contribution in [2.24, 2.45) is 5.73 Å². The van der Waals surface area contributed by atoms with E-state index in [1.165, 1.54) is 11.1 Å². The standard InChI is InChI=1S/C23H28N2O/c1-15-5-3-4-6-22(15)19-13-21(14-19)25(20-11-12-20)23(26)18-9-7-17(8-10-18)16(2)24/h3-10,16,19-21H,11-14,24H2,1-2H3. The molecule has 2 aromatic rings. The van der Waals surface area contributed by atoms with Crippen molar-refractivity contribution < 1.29 is 4.79 Å². The second-order valence-electron chi connectivity index (χ2n) is 8.03. The number of amides is 1. The van der Waals surface area contributed by atoms with Crippen LogP contribution < -0.4 is 5.73 Å². The fourth-order valence-corrected chi connectivity index (χ4v) is 4.17. The molecule has 1 unspecified atom stereocenters. The lowest BCUT2D eigenvalue weighted by molar-refractivity contribution is 0.0516. The number of benzene rings is 2. The number of rotatable bonds is 5. The zero-order chi connectivity index (χ0) is 18.3. The molecule has 136 valence electrons. The molecule has 2 N–H and O–H groups in total. The first kappa shape index (κ1) is 17.3. The minimum Gasteiger partial charge on any atom is -0.333 e. The maximum Gasteiger partial charge on any atom is 0.254 e. The number of nitrogens with two attached hydrogens (primary N) is 1. The maximum absolute atomic E-state index is 13.1. The molecule has 0 heterocycles. The average molecular weight is 348 g/mol. The lowest BCUT2D eigenvalue weighted by Gasteiger charge is -2.44. The lowest BCUT2D eigenvalue weighted by Crippen LogP contribution is -2.48. The van der Waals surface area contributed by atoms with E-state index in [2.05, 4.69) is 36.1 Å². The van der Waals surface area contributed by atoms with Crippen LogP contribution in [-0.4, -0.2) is 22.9 Å². The van der Waals surface area contributed by atoms with Crippen LogP contribution >= 0.6 is 0 Å². The molecule has 2 fully saturated rings. The Balaban J connectivity index is 1.47. The van der Waals surface area contributed by atoms with Gasteiger partial charge in [-0.1, -0.05) is 36.4 Å². The normalized spacial score (nSPS) is 23.2. The third kappa shape index (κ3) is 3.28. The number of hydrogen-bond donors (Lipinski definition) is 1. The van der Waals surface area contributed by atoms with E-state index in [1.807, 2.05) is 31.2 Å². The molecule has 26 heavy (non-hydrogen) atoms. The Labute approximate surface area is 156 Å². The highest BCUT2D eigenvalue weighted by Crippen LogP contribution is 2.44. The van der Waals surface area contributed by atoms with Crippen LogP contribution in [0.15, 0.2) is 48.5 Å². The van der Waals surface area contributed by atoms with Gasteiger partial charge in [-0.25, -0.2) is 0 Å². The average Bonchev–Trinajstić information content (AvgIpc) is 3.43. The number of carbonyl (C=O) groups is 1. The van der Waals surface area contributed by atoms with Gasteiger partial charge in [0.05, 0.1) is 0 Å². The van der Waals surface area contributed by atoms with E-state index in [0.717, 1.165) is 36.8 Å². The van der Waals surface area contributed by atoms with Gasteiger partial charge in [-0.15, -0.1) is 0 Å². The summed E-state index contributed by atoms with van der Waals surface area (Å²) in [6.45, 7) is 4.15. The van der Waals surface area contributed by atoms with Gasteiger partial charge in [0.15, 0.2) is 0 Å². The van der Waals surface area contributed by atoms with E-state index in [4.69, 9.17) is 5.73 Å². The van der Waals surface area contributed by atoms with Crippen molar-refractivity contribution in [3.63, 3.8) is 0 Å². The quantitative estimate of drug-likeness (QED) is 0.860. The molecule has 2 aromatic carbocycles. The highest BCUT2D eigenvalue weighted by atomic mass is 16.2. The Hall–Kier alpha value is -2.13. The molecule has 0 radical (unpaired) electrons. The van der Waals surface area contributed by atoms with E-state index >= 15 is 0 Å². The molecule has 2 aliphatic rings. The van der Waals surface area contributed by atoms with Crippen LogP contribution in [0.25, 0.3) is 0 Å². The topological polar surface area (TPSA) is 46.3 Å². The molecular formula is C23H28N2O. The summed E-state index contributed by atoms with van der Waals surface area (Å²) in [4.78, 5) is 15.3. The Morgan fingerprint density at radius 3 is 2.27 bits per heavy atom. The molecule has 1 atom stereocenters. The molecule has 0 aromatic heterocycles. The van der Waals surface area contributed by atoms with Crippen LogP contribution in [-0.2, 0) is 0 Å². The van der Waals surface area contributed by atoms with Crippen molar-refractivity contribution in [2.45, 2.75) is 63.6 Å². The molecule has 1 amide bonds. The predicted octanol–water partition coefficient (Wildman–Crippen LogP) is 4.57. The highest BCUT2D eigenvalue weighted by molar-refractivity contribution is 5.95. The molecule has 3 nitrogen and oxygen atoms in total. The minimum absolute atomic E-state index is 0.000175. The molecule has 0 saturated heterocycles. The third-order valence-corrected chi connectivity index (χ3v) is 5.99. The van der Waals surface area contributed by atoms with Crippen molar-refractivity contribution in [1.29, 1.82) is 0 Å². The van der Waals surface area contributed by atoms with E-state index in [9.17, 15) is 4.79 Å². The summed E-state index contributed by atoms with van der Waals surface area (Å²) < 4.78 is 0. The van der Waals surface area contributed by atoms with Gasteiger partial charge < -0.3 is 10.6 Å². The van der Waals surface area contributed by atoms with Crippen molar-refractivity contribution >= 4 is 5.91 Å². The first-order valence-electron chi connectivity index (χ1n) is 9.78. The molecule has 4 rings (SSSR count). The third-order valence-electron chi connectivity index (χ3n) is 5.99. The molecule has 2 saturated carbocycles. The molecule has 0 aliphatic heterocycles. The monoisotopic (exact) mass is 348 g/mol. The largest absolute Gasteiger partial charge is 0.333 e. The Kier molecular flexibility index (Phi) is 4.58. The summed E-state index contributed by atoms with van der Waals surface area (Å²) in [6, 6.07) is 17.3. The van der Waals surface area contributed by atoms with Crippen LogP contribution in [0.1, 0.15) is 71.6 Å². The van der Waals surface area contributed by atoms with E-state index < -0.39 is 0 Å². The van der Waals surface area contributed by atoms with E-state index in [0.29, 0.717) is 18.0 Å².